The van der Waals surface area contributed by atoms with E-state index in [2.05, 4.69) is 212 Å². The SMILES string of the molecule is Cc1ccc(N2c3ccc(-c4ccc5oc6cccc(-c7nc(-c8ccccc8)nc(C8C=CC=C(c9cc(-c%10ccccc%10)cc(-c%10ccccc%10)c9)C8)n7)c6c5c4)cc3C3C=CC=CC32)cc1. The van der Waals surface area contributed by atoms with Gasteiger partial charge >= 0.3 is 0 Å². The molecule has 0 saturated carbocycles. The molecule has 1 aliphatic heterocycles. The maximum absolute atomic E-state index is 6.62. The van der Waals surface area contributed by atoms with Gasteiger partial charge in [0, 0.05) is 45.1 Å². The van der Waals surface area contributed by atoms with Crippen LogP contribution in [0.2, 0.25) is 0 Å². The summed E-state index contributed by atoms with van der Waals surface area (Å²) in [5, 5.41) is 2.01. The number of furan rings is 1. The second-order valence-corrected chi connectivity index (χ2v) is 18.4. The summed E-state index contributed by atoms with van der Waals surface area (Å²) >= 11 is 0. The van der Waals surface area contributed by atoms with Crippen molar-refractivity contribution < 1.29 is 4.42 Å². The highest BCUT2D eigenvalue weighted by molar-refractivity contribution is 6.12. The Kier molecular flexibility index (Phi) is 9.94. The van der Waals surface area contributed by atoms with E-state index in [1.807, 2.05) is 30.3 Å². The van der Waals surface area contributed by atoms with Gasteiger partial charge in [0.2, 0.25) is 0 Å². The summed E-state index contributed by atoms with van der Waals surface area (Å²) in [7, 11) is 0. The number of hydrogen-bond acceptors (Lipinski definition) is 5. The molecule has 0 spiro atoms. The van der Waals surface area contributed by atoms with Crippen LogP contribution >= 0.6 is 0 Å². The summed E-state index contributed by atoms with van der Waals surface area (Å²) in [5.41, 5.74) is 18.0. The van der Waals surface area contributed by atoms with Gasteiger partial charge in [0.1, 0.15) is 17.0 Å². The minimum atomic E-state index is -0.0856. The molecule has 3 atom stereocenters. The molecule has 13 rings (SSSR count). The Bertz CT molecular complexity index is 3660. The number of rotatable bonds is 8. The zero-order valence-corrected chi connectivity index (χ0v) is 38.1. The molecule has 3 aliphatic rings. The molecule has 0 radical (unpaired) electrons. The lowest BCUT2D eigenvalue weighted by Gasteiger charge is -2.28. The lowest BCUT2D eigenvalue weighted by molar-refractivity contribution is 0.669. The second kappa shape index (κ2) is 16.9. The van der Waals surface area contributed by atoms with Crippen LogP contribution in [0, 0.1) is 6.92 Å². The number of aryl methyl sites for hydroxylation is 1. The molecule has 0 amide bonds. The predicted octanol–water partition coefficient (Wildman–Crippen LogP) is 16.3. The van der Waals surface area contributed by atoms with Gasteiger partial charge in [-0.3, -0.25) is 0 Å². The van der Waals surface area contributed by atoms with Crippen LogP contribution in [0.1, 0.15) is 40.8 Å². The molecule has 2 aliphatic carbocycles. The van der Waals surface area contributed by atoms with E-state index in [0.29, 0.717) is 11.6 Å². The van der Waals surface area contributed by atoms with Gasteiger partial charge in [-0.05, 0) is 124 Å². The lowest BCUT2D eigenvalue weighted by atomic mass is 9.86. The molecule has 5 heteroatoms. The predicted molar refractivity (Wildman–Crippen MR) is 283 cm³/mol. The summed E-state index contributed by atoms with van der Waals surface area (Å²) in [6.07, 6.45) is 16.4. The van der Waals surface area contributed by atoms with Gasteiger partial charge < -0.3 is 9.32 Å². The maximum atomic E-state index is 6.62. The molecule has 0 bridgehead atoms. The van der Waals surface area contributed by atoms with E-state index < -0.39 is 0 Å². The smallest absolute Gasteiger partial charge is 0.164 e. The van der Waals surface area contributed by atoms with Gasteiger partial charge in [0.05, 0.1) is 6.04 Å². The Labute approximate surface area is 401 Å². The van der Waals surface area contributed by atoms with Crippen LogP contribution in [0.5, 0.6) is 0 Å². The zero-order valence-electron chi connectivity index (χ0n) is 38.1. The summed E-state index contributed by atoms with van der Waals surface area (Å²) < 4.78 is 6.62. The number of fused-ring (bicyclic) bond motifs is 6. The Morgan fingerprint density at radius 2 is 1.16 bits per heavy atom. The molecule has 328 valence electrons. The molecule has 2 aromatic heterocycles. The Balaban J connectivity index is 0.895. The van der Waals surface area contributed by atoms with Gasteiger partial charge in [0.15, 0.2) is 11.6 Å². The van der Waals surface area contributed by atoms with Crippen LogP contribution in [0.3, 0.4) is 0 Å². The summed E-state index contributed by atoms with van der Waals surface area (Å²) in [5.74, 6) is 2.17. The molecule has 3 heterocycles. The quantitative estimate of drug-likeness (QED) is 0.152. The van der Waals surface area contributed by atoms with E-state index >= 15 is 0 Å². The molecule has 0 saturated heterocycles. The summed E-state index contributed by atoms with van der Waals surface area (Å²) in [4.78, 5) is 18.4. The first-order valence-corrected chi connectivity index (χ1v) is 23.8. The van der Waals surface area contributed by atoms with Crippen LogP contribution in [0.4, 0.5) is 11.4 Å². The summed E-state index contributed by atoms with van der Waals surface area (Å²) in [6.45, 7) is 2.14. The van der Waals surface area contributed by atoms with Gasteiger partial charge in [-0.25, -0.2) is 15.0 Å². The Morgan fingerprint density at radius 3 is 1.91 bits per heavy atom. The van der Waals surface area contributed by atoms with Gasteiger partial charge in [-0.1, -0.05) is 175 Å². The third-order valence-electron chi connectivity index (χ3n) is 14.0. The van der Waals surface area contributed by atoms with E-state index in [-0.39, 0.29) is 17.9 Å². The van der Waals surface area contributed by atoms with Crippen LogP contribution in [0.15, 0.2) is 235 Å². The molecule has 10 aromatic rings. The third-order valence-corrected chi connectivity index (χ3v) is 14.0. The lowest BCUT2D eigenvalue weighted by Crippen LogP contribution is -2.28. The molecule has 5 nitrogen and oxygen atoms in total. The first-order valence-electron chi connectivity index (χ1n) is 23.8. The van der Waals surface area contributed by atoms with E-state index in [9.17, 15) is 0 Å². The Morgan fingerprint density at radius 1 is 0.493 bits per heavy atom. The van der Waals surface area contributed by atoms with Crippen LogP contribution < -0.4 is 4.90 Å². The highest BCUT2D eigenvalue weighted by Crippen LogP contribution is 2.49. The molecular formula is C64H46N4O. The van der Waals surface area contributed by atoms with Crippen molar-refractivity contribution in [2.24, 2.45) is 0 Å². The fourth-order valence-corrected chi connectivity index (χ4v) is 10.6. The molecule has 0 N–H and O–H groups in total. The number of aromatic nitrogens is 3. The van der Waals surface area contributed by atoms with Crippen molar-refractivity contribution in [3.05, 3.63) is 253 Å². The van der Waals surface area contributed by atoms with Crippen molar-refractivity contribution >= 4 is 38.9 Å². The number of nitrogens with zero attached hydrogens (tertiary/aromatic N) is 4. The fourth-order valence-electron chi connectivity index (χ4n) is 10.6. The first-order chi connectivity index (χ1) is 34.1. The fraction of sp³-hybridized carbons (Fsp3) is 0.0781. The number of hydrogen-bond donors (Lipinski definition) is 0. The molecule has 69 heavy (non-hydrogen) atoms. The molecular weight excluding hydrogens is 841 g/mol. The van der Waals surface area contributed by atoms with E-state index in [4.69, 9.17) is 19.4 Å². The molecule has 8 aromatic carbocycles. The highest BCUT2D eigenvalue weighted by Gasteiger charge is 2.37. The van der Waals surface area contributed by atoms with Gasteiger partial charge in [0.25, 0.3) is 0 Å². The number of allylic oxidation sites excluding steroid dienone is 6. The third kappa shape index (κ3) is 7.40. The van der Waals surface area contributed by atoms with E-state index in [0.717, 1.165) is 50.9 Å². The summed E-state index contributed by atoms with van der Waals surface area (Å²) in [6, 6.07) is 67.3. The van der Waals surface area contributed by atoms with Crippen molar-refractivity contribution in [1.29, 1.82) is 0 Å². The standard InChI is InChI=1S/C64H46N4O/c1-41-27-31-52(32-28-41)68-57-25-12-11-23-53(57)55-39-46(29-33-58(55)68)47-30-34-59-56(40-47)61-54(24-14-26-60(61)69-59)64-66-62(44-19-9-4-10-20-44)65-63(67-64)48-22-13-21-45(35-48)51-37-49(42-15-5-2-6-16-42)36-50(38-51)43-17-7-3-8-18-43/h2-34,36-40,48,53,57H,35H2,1H3. The monoisotopic (exact) mass is 886 g/mol. The minimum absolute atomic E-state index is 0.0856. The largest absolute Gasteiger partial charge is 0.456 e. The molecule has 3 unspecified atom stereocenters. The van der Waals surface area contributed by atoms with Crippen molar-refractivity contribution in [3.63, 3.8) is 0 Å². The number of anilines is 2. The first kappa shape index (κ1) is 40.6. The maximum Gasteiger partial charge on any atom is 0.164 e. The van der Waals surface area contributed by atoms with Crippen LogP contribution in [-0.4, -0.2) is 21.0 Å². The van der Waals surface area contributed by atoms with Crippen molar-refractivity contribution in [1.82, 2.24) is 15.0 Å². The average Bonchev–Trinajstić information content (AvgIpc) is 3.97. The second-order valence-electron chi connectivity index (χ2n) is 18.4. The Hall–Kier alpha value is -8.67. The van der Waals surface area contributed by atoms with Crippen molar-refractivity contribution in [2.45, 2.75) is 31.2 Å². The minimum Gasteiger partial charge on any atom is -0.456 e. The van der Waals surface area contributed by atoms with Crippen LogP contribution in [-0.2, 0) is 0 Å². The topological polar surface area (TPSA) is 55.1 Å². The highest BCUT2D eigenvalue weighted by atomic mass is 16.3. The zero-order chi connectivity index (χ0) is 45.8. The van der Waals surface area contributed by atoms with Gasteiger partial charge in [-0.2, -0.15) is 0 Å². The van der Waals surface area contributed by atoms with Gasteiger partial charge in [-0.15, -0.1) is 0 Å². The van der Waals surface area contributed by atoms with E-state index in [1.54, 1.807) is 0 Å². The number of benzene rings is 8. The van der Waals surface area contributed by atoms with Crippen molar-refractivity contribution in [3.8, 4) is 56.2 Å². The average molecular weight is 887 g/mol. The molecule has 0 fully saturated rings. The normalized spacial score (nSPS) is 17.0. The van der Waals surface area contributed by atoms with Crippen LogP contribution in [0.25, 0.3) is 83.7 Å². The van der Waals surface area contributed by atoms with Crippen molar-refractivity contribution in [2.75, 3.05) is 4.90 Å². The van der Waals surface area contributed by atoms with E-state index in [1.165, 1.54) is 61.5 Å².